The molecular weight excluding hydrogens is 158 g/mol. The highest BCUT2D eigenvalue weighted by Gasteiger charge is 2.21. The predicted molar refractivity (Wildman–Crippen MR) is 56.8 cm³/mol. The summed E-state index contributed by atoms with van der Waals surface area (Å²) in [7, 11) is 0. The number of nitrogens with one attached hydrogen (secondary N) is 1. The Hall–Kier alpha value is -0.0400. The Morgan fingerprint density at radius 2 is 1.77 bits per heavy atom. The maximum Gasteiger partial charge on any atom is 0.00389 e. The average molecular weight is 181 g/mol. The van der Waals surface area contributed by atoms with Crippen molar-refractivity contribution in [1.29, 1.82) is 0 Å². The largest absolute Gasteiger partial charge is 0.314 e. The molecule has 1 heteroatoms. The van der Waals surface area contributed by atoms with E-state index in [-0.39, 0.29) is 0 Å². The molecule has 1 heterocycles. The molecule has 2 unspecified atom stereocenters. The smallest absolute Gasteiger partial charge is 0.00389 e. The molecule has 0 aromatic rings. The Morgan fingerprint density at radius 1 is 1.00 bits per heavy atom. The van der Waals surface area contributed by atoms with E-state index in [1.807, 2.05) is 0 Å². The van der Waals surface area contributed by atoms with Gasteiger partial charge in [-0.15, -0.1) is 0 Å². The minimum absolute atomic E-state index is 0.778. The quantitative estimate of drug-likeness (QED) is 0.706. The van der Waals surface area contributed by atoms with Gasteiger partial charge in [0.2, 0.25) is 0 Å². The Labute approximate surface area is 82.3 Å². The zero-order chi connectivity index (χ0) is 9.10. The summed E-state index contributed by atoms with van der Waals surface area (Å²) in [6.07, 6.45) is 10.4. The molecule has 0 spiro atoms. The maximum absolute atomic E-state index is 3.59. The molecule has 2 rings (SSSR count). The van der Waals surface area contributed by atoms with Crippen molar-refractivity contribution in [2.75, 3.05) is 6.54 Å². The number of piperidine rings is 1. The molecule has 1 aliphatic carbocycles. The summed E-state index contributed by atoms with van der Waals surface area (Å²) in [6.45, 7) is 3.59. The minimum atomic E-state index is 0.778. The number of hydrogen-bond donors (Lipinski definition) is 1. The van der Waals surface area contributed by atoms with Gasteiger partial charge in [0.25, 0.3) is 0 Å². The van der Waals surface area contributed by atoms with E-state index in [4.69, 9.17) is 0 Å². The summed E-state index contributed by atoms with van der Waals surface area (Å²) in [5.41, 5.74) is 0. The van der Waals surface area contributed by atoms with Crippen LogP contribution >= 0.6 is 0 Å². The molecule has 1 aliphatic heterocycles. The fraction of sp³-hybridized carbons (Fsp3) is 1.00. The zero-order valence-corrected chi connectivity index (χ0v) is 8.89. The monoisotopic (exact) mass is 181 g/mol. The molecule has 0 amide bonds. The van der Waals surface area contributed by atoms with E-state index < -0.39 is 0 Å². The normalized spacial score (nSPS) is 35.8. The van der Waals surface area contributed by atoms with Crippen molar-refractivity contribution in [3.63, 3.8) is 0 Å². The zero-order valence-electron chi connectivity index (χ0n) is 8.89. The molecule has 2 aliphatic rings. The molecular formula is C12H23N. The summed E-state index contributed by atoms with van der Waals surface area (Å²) >= 11 is 0. The van der Waals surface area contributed by atoms with Crippen molar-refractivity contribution in [2.45, 2.75) is 57.9 Å². The van der Waals surface area contributed by atoms with Gasteiger partial charge >= 0.3 is 0 Å². The first-order chi connectivity index (χ1) is 6.34. The average Bonchev–Trinajstić information content (AvgIpc) is 2.05. The second-order valence-corrected chi connectivity index (χ2v) is 5.13. The second kappa shape index (κ2) is 4.45. The minimum Gasteiger partial charge on any atom is -0.314 e. The number of rotatable bonds is 3. The summed E-state index contributed by atoms with van der Waals surface area (Å²) in [5, 5.41) is 3.59. The van der Waals surface area contributed by atoms with Gasteiger partial charge in [-0.25, -0.2) is 0 Å². The summed E-state index contributed by atoms with van der Waals surface area (Å²) in [6, 6.07) is 0.778. The van der Waals surface area contributed by atoms with Crippen LogP contribution in [0.4, 0.5) is 0 Å². The van der Waals surface area contributed by atoms with Crippen LogP contribution in [0.15, 0.2) is 0 Å². The molecule has 1 saturated heterocycles. The summed E-state index contributed by atoms with van der Waals surface area (Å²) in [5.74, 6) is 2.11. The van der Waals surface area contributed by atoms with Gasteiger partial charge < -0.3 is 5.32 Å². The number of hydrogen-bond acceptors (Lipinski definition) is 1. The van der Waals surface area contributed by atoms with Crippen LogP contribution in [0, 0.1) is 11.8 Å². The van der Waals surface area contributed by atoms with Crippen molar-refractivity contribution in [3.8, 4) is 0 Å². The van der Waals surface area contributed by atoms with Crippen LogP contribution in [0.2, 0.25) is 0 Å². The van der Waals surface area contributed by atoms with Crippen molar-refractivity contribution in [2.24, 2.45) is 11.8 Å². The van der Waals surface area contributed by atoms with E-state index in [2.05, 4.69) is 12.2 Å². The third kappa shape index (κ3) is 2.70. The summed E-state index contributed by atoms with van der Waals surface area (Å²) < 4.78 is 0. The van der Waals surface area contributed by atoms with E-state index in [1.54, 1.807) is 0 Å². The highest BCUT2D eigenvalue weighted by atomic mass is 14.9. The molecule has 2 fully saturated rings. The van der Waals surface area contributed by atoms with Crippen molar-refractivity contribution < 1.29 is 0 Å². The highest BCUT2D eigenvalue weighted by molar-refractivity contribution is 4.77. The fourth-order valence-electron chi connectivity index (χ4n) is 2.56. The standard InChI is InChI=1S/C12H23N/c1-10-5-6-12(9-13-10)8-7-11-3-2-4-11/h10-13H,2-9H2,1H3. The molecule has 2 atom stereocenters. The van der Waals surface area contributed by atoms with Gasteiger partial charge in [-0.1, -0.05) is 25.7 Å². The first kappa shape index (κ1) is 9.51. The van der Waals surface area contributed by atoms with E-state index in [0.29, 0.717) is 0 Å². The van der Waals surface area contributed by atoms with Crippen LogP contribution in [0.5, 0.6) is 0 Å². The van der Waals surface area contributed by atoms with Gasteiger partial charge in [0.05, 0.1) is 0 Å². The van der Waals surface area contributed by atoms with Crippen molar-refractivity contribution in [3.05, 3.63) is 0 Å². The predicted octanol–water partition coefficient (Wildman–Crippen LogP) is 2.95. The van der Waals surface area contributed by atoms with Crippen LogP contribution < -0.4 is 5.32 Å². The van der Waals surface area contributed by atoms with E-state index in [1.165, 1.54) is 51.5 Å². The Kier molecular flexibility index (Phi) is 3.26. The molecule has 0 aromatic heterocycles. The lowest BCUT2D eigenvalue weighted by Crippen LogP contribution is -2.37. The highest BCUT2D eigenvalue weighted by Crippen LogP contribution is 2.32. The lowest BCUT2D eigenvalue weighted by molar-refractivity contribution is 0.240. The third-order valence-corrected chi connectivity index (χ3v) is 3.97. The van der Waals surface area contributed by atoms with E-state index in [9.17, 15) is 0 Å². The van der Waals surface area contributed by atoms with Gasteiger partial charge in [-0.3, -0.25) is 0 Å². The van der Waals surface area contributed by atoms with Crippen LogP contribution in [-0.4, -0.2) is 12.6 Å². The molecule has 0 bridgehead atoms. The fourth-order valence-corrected chi connectivity index (χ4v) is 2.56. The molecule has 13 heavy (non-hydrogen) atoms. The maximum atomic E-state index is 3.59. The SMILES string of the molecule is CC1CCC(CCC2CCC2)CN1. The Balaban J connectivity index is 1.59. The van der Waals surface area contributed by atoms with Crippen molar-refractivity contribution >= 4 is 0 Å². The van der Waals surface area contributed by atoms with Gasteiger partial charge in [-0.05, 0) is 44.6 Å². The Morgan fingerprint density at radius 3 is 2.31 bits per heavy atom. The lowest BCUT2D eigenvalue weighted by Gasteiger charge is -2.31. The molecule has 1 saturated carbocycles. The van der Waals surface area contributed by atoms with Gasteiger partial charge in [0, 0.05) is 6.04 Å². The first-order valence-electron chi connectivity index (χ1n) is 6.08. The first-order valence-corrected chi connectivity index (χ1v) is 6.08. The molecule has 1 nitrogen and oxygen atoms in total. The van der Waals surface area contributed by atoms with Crippen LogP contribution in [0.3, 0.4) is 0 Å². The molecule has 1 N–H and O–H groups in total. The Bertz CT molecular complexity index is 143. The van der Waals surface area contributed by atoms with Crippen molar-refractivity contribution in [1.82, 2.24) is 5.32 Å². The third-order valence-electron chi connectivity index (χ3n) is 3.97. The van der Waals surface area contributed by atoms with Crippen LogP contribution in [0.25, 0.3) is 0 Å². The van der Waals surface area contributed by atoms with Gasteiger partial charge in [0.1, 0.15) is 0 Å². The molecule has 0 radical (unpaired) electrons. The lowest BCUT2D eigenvalue weighted by atomic mass is 9.79. The second-order valence-electron chi connectivity index (χ2n) is 5.13. The summed E-state index contributed by atoms with van der Waals surface area (Å²) in [4.78, 5) is 0. The van der Waals surface area contributed by atoms with E-state index >= 15 is 0 Å². The van der Waals surface area contributed by atoms with Gasteiger partial charge in [-0.2, -0.15) is 0 Å². The van der Waals surface area contributed by atoms with Gasteiger partial charge in [0.15, 0.2) is 0 Å². The van der Waals surface area contributed by atoms with E-state index in [0.717, 1.165) is 17.9 Å². The van der Waals surface area contributed by atoms with Crippen LogP contribution in [-0.2, 0) is 0 Å². The topological polar surface area (TPSA) is 12.0 Å². The molecule has 0 aromatic carbocycles. The van der Waals surface area contributed by atoms with Crippen LogP contribution in [0.1, 0.15) is 51.9 Å². The molecule has 76 valence electrons.